The molecule has 0 unspecified atom stereocenters. The van der Waals surface area contributed by atoms with Crippen LogP contribution in [0.1, 0.15) is 40.2 Å². The number of methoxy groups -OCH3 is 2. The van der Waals surface area contributed by atoms with Crippen LogP contribution in [0.15, 0.2) is 70.4 Å². The predicted molar refractivity (Wildman–Crippen MR) is 156 cm³/mol. The van der Waals surface area contributed by atoms with Gasteiger partial charge < -0.3 is 24.1 Å². The van der Waals surface area contributed by atoms with Crippen LogP contribution < -0.4 is 19.7 Å². The summed E-state index contributed by atoms with van der Waals surface area (Å²) in [5.74, 6) is 3.55. The lowest BCUT2D eigenvalue weighted by molar-refractivity contribution is 0.0925. The van der Waals surface area contributed by atoms with Crippen LogP contribution in [0.25, 0.3) is 0 Å². The Balaban J connectivity index is 1.32. The van der Waals surface area contributed by atoms with Gasteiger partial charge in [0.2, 0.25) is 0 Å². The molecule has 9 nitrogen and oxygen atoms in total. The summed E-state index contributed by atoms with van der Waals surface area (Å²) in [4.78, 5) is 28.4. The number of hydrogen-bond acceptors (Lipinski definition) is 9. The topological polar surface area (TPSA) is 103 Å². The van der Waals surface area contributed by atoms with Gasteiger partial charge in [0.1, 0.15) is 11.6 Å². The van der Waals surface area contributed by atoms with Crippen LogP contribution in [0, 0.1) is 0 Å². The summed E-state index contributed by atoms with van der Waals surface area (Å²) in [6.45, 7) is 3.34. The van der Waals surface area contributed by atoms with Gasteiger partial charge >= 0.3 is 0 Å². The zero-order valence-corrected chi connectivity index (χ0v) is 24.2. The van der Waals surface area contributed by atoms with Gasteiger partial charge in [0.15, 0.2) is 22.4 Å². The van der Waals surface area contributed by atoms with E-state index in [9.17, 15) is 4.79 Å². The standard InChI is InChI=1S/C30H35N5O4S/c1-5-22-19-28(35(2)17-14-21-9-11-25(37-3)27(18-21)38-4)34-30(33-22)40-20-24-10-12-26(39-24)29(36)32-16-13-23-8-6-7-15-31-23/h6-12,15,18-19H,5,13-14,16-17,20H2,1-4H3,(H,32,36). The maximum absolute atomic E-state index is 12.5. The fourth-order valence-corrected chi connectivity index (χ4v) is 4.76. The number of rotatable bonds is 14. The Labute approximate surface area is 239 Å². The minimum Gasteiger partial charge on any atom is -0.493 e. The second kappa shape index (κ2) is 14.4. The van der Waals surface area contributed by atoms with Crippen LogP contribution in [-0.4, -0.2) is 55.2 Å². The molecule has 0 spiro atoms. The summed E-state index contributed by atoms with van der Waals surface area (Å²) >= 11 is 1.49. The molecule has 40 heavy (non-hydrogen) atoms. The molecule has 3 aromatic heterocycles. The van der Waals surface area contributed by atoms with E-state index in [4.69, 9.17) is 18.9 Å². The Morgan fingerprint density at radius 3 is 2.60 bits per heavy atom. The minimum absolute atomic E-state index is 0.241. The van der Waals surface area contributed by atoms with E-state index in [1.807, 2.05) is 55.6 Å². The Morgan fingerprint density at radius 2 is 1.85 bits per heavy atom. The van der Waals surface area contributed by atoms with E-state index in [0.717, 1.165) is 53.7 Å². The van der Waals surface area contributed by atoms with Crippen molar-refractivity contribution in [3.8, 4) is 11.5 Å². The number of nitrogens with one attached hydrogen (secondary N) is 1. The van der Waals surface area contributed by atoms with E-state index in [1.54, 1.807) is 26.5 Å². The number of amides is 1. The van der Waals surface area contributed by atoms with Crippen LogP contribution >= 0.6 is 11.8 Å². The number of aryl methyl sites for hydroxylation is 1. The van der Waals surface area contributed by atoms with Crippen molar-refractivity contribution in [3.63, 3.8) is 0 Å². The van der Waals surface area contributed by atoms with E-state index in [2.05, 4.69) is 27.1 Å². The van der Waals surface area contributed by atoms with Gasteiger partial charge in [0.25, 0.3) is 5.91 Å². The molecule has 4 aromatic rings. The highest BCUT2D eigenvalue weighted by Crippen LogP contribution is 2.28. The second-order valence-corrected chi connectivity index (χ2v) is 10.0. The summed E-state index contributed by atoms with van der Waals surface area (Å²) in [5, 5.41) is 3.55. The molecule has 1 aromatic carbocycles. The monoisotopic (exact) mass is 561 g/mol. The SMILES string of the molecule is CCc1cc(N(C)CCc2ccc(OC)c(OC)c2)nc(SCc2ccc(C(=O)NCCc3ccccn3)o2)n1. The lowest BCUT2D eigenvalue weighted by atomic mass is 10.1. The van der Waals surface area contributed by atoms with E-state index in [1.165, 1.54) is 11.8 Å². The van der Waals surface area contributed by atoms with Crippen molar-refractivity contribution in [1.29, 1.82) is 0 Å². The number of likely N-dealkylation sites (N-methyl/N-ethyl adjacent to an activating group) is 1. The van der Waals surface area contributed by atoms with E-state index < -0.39 is 0 Å². The predicted octanol–water partition coefficient (Wildman–Crippen LogP) is 4.99. The first-order chi connectivity index (χ1) is 19.5. The summed E-state index contributed by atoms with van der Waals surface area (Å²) in [7, 11) is 5.31. The molecule has 0 radical (unpaired) electrons. The van der Waals surface area contributed by atoms with Crippen molar-refractivity contribution < 1.29 is 18.7 Å². The number of furan rings is 1. The smallest absolute Gasteiger partial charge is 0.287 e. The summed E-state index contributed by atoms with van der Waals surface area (Å²) in [6.07, 6.45) is 4.03. The number of aromatic nitrogens is 3. The fourth-order valence-electron chi connectivity index (χ4n) is 4.00. The molecule has 0 fully saturated rings. The normalized spacial score (nSPS) is 10.8. The number of carbonyl (C=O) groups excluding carboxylic acids is 1. The number of hydrogen-bond donors (Lipinski definition) is 1. The summed E-state index contributed by atoms with van der Waals surface area (Å²) in [5.41, 5.74) is 3.05. The molecular formula is C30H35N5O4S. The van der Waals surface area contributed by atoms with Crippen molar-refractivity contribution in [2.45, 2.75) is 37.1 Å². The van der Waals surface area contributed by atoms with Gasteiger partial charge in [-0.2, -0.15) is 0 Å². The number of carbonyl (C=O) groups is 1. The van der Waals surface area contributed by atoms with Gasteiger partial charge in [0.05, 0.1) is 20.0 Å². The first-order valence-corrected chi connectivity index (χ1v) is 14.2. The maximum Gasteiger partial charge on any atom is 0.287 e. The van der Waals surface area contributed by atoms with E-state index in [-0.39, 0.29) is 11.7 Å². The van der Waals surface area contributed by atoms with Gasteiger partial charge in [-0.05, 0) is 54.8 Å². The average Bonchev–Trinajstić information content (AvgIpc) is 3.48. The molecule has 0 atom stereocenters. The fraction of sp³-hybridized carbons (Fsp3) is 0.333. The van der Waals surface area contributed by atoms with Crippen LogP contribution in [0.5, 0.6) is 11.5 Å². The van der Waals surface area contributed by atoms with Crippen molar-refractivity contribution >= 4 is 23.5 Å². The molecular weight excluding hydrogens is 526 g/mol. The second-order valence-electron chi connectivity index (χ2n) is 9.10. The molecule has 10 heteroatoms. The Hall–Kier alpha value is -4.05. The van der Waals surface area contributed by atoms with Crippen LogP contribution in [-0.2, 0) is 25.0 Å². The first kappa shape index (κ1) is 28.9. The Kier molecular flexibility index (Phi) is 10.4. The third kappa shape index (κ3) is 7.98. The third-order valence-corrected chi connectivity index (χ3v) is 7.17. The Morgan fingerprint density at radius 1 is 1.00 bits per heavy atom. The van der Waals surface area contributed by atoms with Gasteiger partial charge in [-0.25, -0.2) is 9.97 Å². The lowest BCUT2D eigenvalue weighted by Crippen LogP contribution is -2.25. The maximum atomic E-state index is 12.5. The number of anilines is 1. The number of pyridine rings is 1. The van der Waals surface area contributed by atoms with Crippen LogP contribution in [0.2, 0.25) is 0 Å². The van der Waals surface area contributed by atoms with Crippen molar-refractivity contribution in [1.82, 2.24) is 20.3 Å². The zero-order chi connectivity index (χ0) is 28.3. The number of benzene rings is 1. The molecule has 0 aliphatic carbocycles. The summed E-state index contributed by atoms with van der Waals surface area (Å²) in [6, 6.07) is 17.3. The van der Waals surface area contributed by atoms with E-state index in [0.29, 0.717) is 29.6 Å². The van der Waals surface area contributed by atoms with Crippen molar-refractivity contribution in [2.75, 3.05) is 39.3 Å². The molecule has 0 saturated heterocycles. The molecule has 1 N–H and O–H groups in total. The van der Waals surface area contributed by atoms with Crippen molar-refractivity contribution in [3.05, 3.63) is 89.3 Å². The summed E-state index contributed by atoms with van der Waals surface area (Å²) < 4.78 is 16.6. The highest BCUT2D eigenvalue weighted by Gasteiger charge is 2.14. The molecule has 0 saturated carbocycles. The minimum atomic E-state index is -0.241. The Bertz CT molecular complexity index is 1400. The molecule has 0 bridgehead atoms. The quantitative estimate of drug-likeness (QED) is 0.169. The van der Waals surface area contributed by atoms with Gasteiger partial charge in [-0.3, -0.25) is 9.78 Å². The van der Waals surface area contributed by atoms with Gasteiger partial charge in [-0.1, -0.05) is 30.8 Å². The third-order valence-electron chi connectivity index (χ3n) is 6.30. The van der Waals surface area contributed by atoms with E-state index >= 15 is 0 Å². The first-order valence-electron chi connectivity index (χ1n) is 13.2. The number of nitrogens with zero attached hydrogens (tertiary/aromatic N) is 4. The number of thioether (sulfide) groups is 1. The van der Waals surface area contributed by atoms with Gasteiger partial charge in [-0.15, -0.1) is 0 Å². The largest absolute Gasteiger partial charge is 0.493 e. The lowest BCUT2D eigenvalue weighted by Gasteiger charge is -2.20. The highest BCUT2D eigenvalue weighted by molar-refractivity contribution is 7.98. The molecule has 0 aliphatic heterocycles. The molecule has 4 rings (SSSR count). The average molecular weight is 562 g/mol. The molecule has 3 heterocycles. The van der Waals surface area contributed by atoms with Gasteiger partial charge in [0, 0.05) is 50.2 Å². The van der Waals surface area contributed by atoms with Crippen LogP contribution in [0.4, 0.5) is 5.82 Å². The van der Waals surface area contributed by atoms with Crippen LogP contribution in [0.3, 0.4) is 0 Å². The molecule has 0 aliphatic rings. The zero-order valence-electron chi connectivity index (χ0n) is 23.3. The number of ether oxygens (including phenoxy) is 2. The molecule has 210 valence electrons. The van der Waals surface area contributed by atoms with Crippen molar-refractivity contribution in [2.24, 2.45) is 0 Å². The highest BCUT2D eigenvalue weighted by atomic mass is 32.2. The molecule has 1 amide bonds.